The molecule has 0 bridgehead atoms. The van der Waals surface area contributed by atoms with Crippen molar-refractivity contribution in [2.24, 2.45) is 5.73 Å². The van der Waals surface area contributed by atoms with Gasteiger partial charge in [-0.2, -0.15) is 0 Å². The number of rotatable bonds is 3. The van der Waals surface area contributed by atoms with Crippen molar-refractivity contribution in [3.63, 3.8) is 0 Å². The molecule has 1 fully saturated rings. The molecule has 1 atom stereocenters. The number of hydrogen-bond acceptors (Lipinski definition) is 3. The molecule has 1 saturated heterocycles. The molecule has 0 spiro atoms. The smallest absolute Gasteiger partial charge is 0.151 e. The number of benzene rings is 1. The van der Waals surface area contributed by atoms with Crippen LogP contribution in [0.15, 0.2) is 30.3 Å². The lowest BCUT2D eigenvalue weighted by Gasteiger charge is -2.33. The van der Waals surface area contributed by atoms with Gasteiger partial charge in [-0.3, -0.25) is 4.90 Å². The molecule has 16 heavy (non-hydrogen) atoms. The van der Waals surface area contributed by atoms with Crippen molar-refractivity contribution >= 4 is 6.29 Å². The highest BCUT2D eigenvalue weighted by Crippen LogP contribution is 2.27. The van der Waals surface area contributed by atoms with Gasteiger partial charge in [0.1, 0.15) is 6.17 Å². The van der Waals surface area contributed by atoms with Gasteiger partial charge >= 0.3 is 0 Å². The van der Waals surface area contributed by atoms with Gasteiger partial charge in [0, 0.05) is 13.1 Å². The molecule has 0 aliphatic carbocycles. The summed E-state index contributed by atoms with van der Waals surface area (Å²) >= 11 is 0. The standard InChI is InChI=1S/C13H18N2O/c14-13(10-16)15-8-6-12(7-9-15)11-4-2-1-3-5-11/h1-5,10,12-13H,6-9,14H2. The zero-order chi connectivity index (χ0) is 11.4. The van der Waals surface area contributed by atoms with E-state index in [4.69, 9.17) is 5.73 Å². The minimum atomic E-state index is -0.420. The summed E-state index contributed by atoms with van der Waals surface area (Å²) < 4.78 is 0. The molecule has 3 heteroatoms. The van der Waals surface area contributed by atoms with Gasteiger partial charge in [0.25, 0.3) is 0 Å². The van der Waals surface area contributed by atoms with Gasteiger partial charge < -0.3 is 10.5 Å². The Hall–Kier alpha value is -1.19. The second-order valence-corrected chi connectivity index (χ2v) is 4.35. The molecule has 1 aromatic carbocycles. The monoisotopic (exact) mass is 218 g/mol. The van der Waals surface area contributed by atoms with Gasteiger partial charge in [0.05, 0.1) is 0 Å². The summed E-state index contributed by atoms with van der Waals surface area (Å²) in [6.07, 6.45) is 2.58. The third-order valence-electron chi connectivity index (χ3n) is 3.36. The van der Waals surface area contributed by atoms with E-state index in [-0.39, 0.29) is 0 Å². The van der Waals surface area contributed by atoms with Crippen LogP contribution < -0.4 is 5.73 Å². The summed E-state index contributed by atoms with van der Waals surface area (Å²) in [5.41, 5.74) is 7.09. The van der Waals surface area contributed by atoms with Gasteiger partial charge in [0.2, 0.25) is 0 Å². The Kier molecular flexibility index (Phi) is 3.70. The predicted octanol–water partition coefficient (Wildman–Crippen LogP) is 1.35. The van der Waals surface area contributed by atoms with Crippen LogP contribution in [-0.2, 0) is 4.79 Å². The van der Waals surface area contributed by atoms with E-state index in [1.807, 2.05) is 11.0 Å². The summed E-state index contributed by atoms with van der Waals surface area (Å²) in [4.78, 5) is 12.6. The van der Waals surface area contributed by atoms with E-state index >= 15 is 0 Å². The minimum Gasteiger partial charge on any atom is -0.310 e. The maximum Gasteiger partial charge on any atom is 0.151 e. The van der Waals surface area contributed by atoms with Crippen LogP contribution in [0.5, 0.6) is 0 Å². The average molecular weight is 218 g/mol. The Morgan fingerprint density at radius 3 is 2.44 bits per heavy atom. The van der Waals surface area contributed by atoms with Crippen LogP contribution in [0.25, 0.3) is 0 Å². The number of carbonyl (C=O) groups is 1. The van der Waals surface area contributed by atoms with Gasteiger partial charge in [-0.25, -0.2) is 0 Å². The van der Waals surface area contributed by atoms with Crippen molar-refractivity contribution in [2.45, 2.75) is 24.9 Å². The van der Waals surface area contributed by atoms with E-state index in [9.17, 15) is 4.79 Å². The van der Waals surface area contributed by atoms with Crippen LogP contribution in [0.2, 0.25) is 0 Å². The second-order valence-electron chi connectivity index (χ2n) is 4.35. The van der Waals surface area contributed by atoms with Gasteiger partial charge in [-0.15, -0.1) is 0 Å². The zero-order valence-electron chi connectivity index (χ0n) is 9.38. The number of nitrogens with two attached hydrogens (primary N) is 1. The fraction of sp³-hybridized carbons (Fsp3) is 0.462. The van der Waals surface area contributed by atoms with Crippen LogP contribution >= 0.6 is 0 Å². The molecule has 1 heterocycles. The molecule has 0 amide bonds. The van der Waals surface area contributed by atoms with E-state index in [1.165, 1.54) is 5.56 Å². The number of nitrogens with zero attached hydrogens (tertiary/aromatic N) is 1. The maximum absolute atomic E-state index is 10.6. The van der Waals surface area contributed by atoms with Crippen molar-refractivity contribution in [2.75, 3.05) is 13.1 Å². The van der Waals surface area contributed by atoms with Gasteiger partial charge in [-0.1, -0.05) is 30.3 Å². The largest absolute Gasteiger partial charge is 0.310 e. The lowest BCUT2D eigenvalue weighted by molar-refractivity contribution is -0.112. The molecular formula is C13H18N2O. The molecule has 1 unspecified atom stereocenters. The lowest BCUT2D eigenvalue weighted by Crippen LogP contribution is -2.46. The van der Waals surface area contributed by atoms with E-state index in [0.29, 0.717) is 5.92 Å². The van der Waals surface area contributed by atoms with E-state index < -0.39 is 6.17 Å². The first-order valence-corrected chi connectivity index (χ1v) is 5.81. The summed E-state index contributed by atoms with van der Waals surface area (Å²) in [6.45, 7) is 1.83. The van der Waals surface area contributed by atoms with Gasteiger partial charge in [0.15, 0.2) is 6.29 Å². The first-order chi connectivity index (χ1) is 7.81. The first kappa shape index (κ1) is 11.3. The summed E-state index contributed by atoms with van der Waals surface area (Å²) in [7, 11) is 0. The van der Waals surface area contributed by atoms with Crippen LogP contribution in [0.1, 0.15) is 24.3 Å². The van der Waals surface area contributed by atoms with Crippen molar-refractivity contribution in [1.82, 2.24) is 4.90 Å². The molecule has 1 aliphatic heterocycles. The third kappa shape index (κ3) is 2.49. The third-order valence-corrected chi connectivity index (χ3v) is 3.36. The Morgan fingerprint density at radius 1 is 1.25 bits per heavy atom. The molecule has 1 aromatic rings. The maximum atomic E-state index is 10.6. The highest BCUT2D eigenvalue weighted by molar-refractivity contribution is 5.56. The van der Waals surface area contributed by atoms with Gasteiger partial charge in [-0.05, 0) is 24.3 Å². The SMILES string of the molecule is NC(C=O)N1CCC(c2ccccc2)CC1. The number of likely N-dealkylation sites (tertiary alicyclic amines) is 1. The lowest BCUT2D eigenvalue weighted by atomic mass is 9.89. The average Bonchev–Trinajstić information content (AvgIpc) is 2.39. The van der Waals surface area contributed by atoms with Crippen molar-refractivity contribution in [3.8, 4) is 0 Å². The number of hydrogen-bond donors (Lipinski definition) is 1. The summed E-state index contributed by atoms with van der Waals surface area (Å²) in [5.74, 6) is 0.622. The molecule has 0 saturated carbocycles. The highest BCUT2D eigenvalue weighted by atomic mass is 16.1. The zero-order valence-corrected chi connectivity index (χ0v) is 9.38. The Morgan fingerprint density at radius 2 is 1.88 bits per heavy atom. The number of carbonyl (C=O) groups excluding carboxylic acids is 1. The molecule has 2 rings (SSSR count). The van der Waals surface area contributed by atoms with Crippen molar-refractivity contribution in [3.05, 3.63) is 35.9 Å². The van der Waals surface area contributed by atoms with E-state index in [0.717, 1.165) is 32.2 Å². The Labute approximate surface area is 96.2 Å². The highest BCUT2D eigenvalue weighted by Gasteiger charge is 2.23. The van der Waals surface area contributed by atoms with Crippen LogP contribution in [0.3, 0.4) is 0 Å². The van der Waals surface area contributed by atoms with Crippen LogP contribution in [0, 0.1) is 0 Å². The predicted molar refractivity (Wildman–Crippen MR) is 64.0 cm³/mol. The first-order valence-electron chi connectivity index (χ1n) is 5.81. The molecule has 86 valence electrons. The van der Waals surface area contributed by atoms with Crippen molar-refractivity contribution in [1.29, 1.82) is 0 Å². The normalized spacial score (nSPS) is 20.6. The second kappa shape index (κ2) is 5.23. The Balaban J connectivity index is 1.93. The number of piperidine rings is 1. The molecule has 1 aliphatic rings. The fourth-order valence-electron chi connectivity index (χ4n) is 2.34. The van der Waals surface area contributed by atoms with E-state index in [1.54, 1.807) is 0 Å². The molecule has 2 N–H and O–H groups in total. The number of aldehydes is 1. The quantitative estimate of drug-likeness (QED) is 0.779. The topological polar surface area (TPSA) is 46.3 Å². The summed E-state index contributed by atoms with van der Waals surface area (Å²) in [5, 5.41) is 0. The fourth-order valence-corrected chi connectivity index (χ4v) is 2.34. The summed E-state index contributed by atoms with van der Waals surface area (Å²) in [6, 6.07) is 10.6. The minimum absolute atomic E-state index is 0.420. The van der Waals surface area contributed by atoms with Crippen LogP contribution in [-0.4, -0.2) is 30.4 Å². The molecule has 0 aromatic heterocycles. The molecule has 3 nitrogen and oxygen atoms in total. The molecule has 0 radical (unpaired) electrons. The van der Waals surface area contributed by atoms with E-state index in [2.05, 4.69) is 24.3 Å². The van der Waals surface area contributed by atoms with Crippen LogP contribution in [0.4, 0.5) is 0 Å². The Bertz CT molecular complexity index is 331. The molecular weight excluding hydrogens is 200 g/mol. The van der Waals surface area contributed by atoms with Crippen molar-refractivity contribution < 1.29 is 4.79 Å².